The third-order valence-electron chi connectivity index (χ3n) is 5.21. The fourth-order valence-corrected chi connectivity index (χ4v) is 3.49. The van der Waals surface area contributed by atoms with Crippen LogP contribution in [0.5, 0.6) is 5.75 Å². The van der Waals surface area contributed by atoms with Crippen LogP contribution in [0.15, 0.2) is 53.3 Å². The minimum Gasteiger partial charge on any atom is -0.494 e. The van der Waals surface area contributed by atoms with E-state index in [0.717, 1.165) is 11.1 Å². The van der Waals surface area contributed by atoms with Crippen LogP contribution in [0.1, 0.15) is 28.2 Å². The van der Waals surface area contributed by atoms with Crippen molar-refractivity contribution >= 4 is 5.91 Å². The second-order valence-corrected chi connectivity index (χ2v) is 7.29. The molecule has 2 heterocycles. The van der Waals surface area contributed by atoms with Crippen LogP contribution in [0.4, 0.5) is 4.39 Å². The molecule has 8 heteroatoms. The van der Waals surface area contributed by atoms with Gasteiger partial charge in [-0.2, -0.15) is 0 Å². The lowest BCUT2D eigenvalue weighted by Gasteiger charge is -2.27. The molecule has 1 aliphatic heterocycles. The number of carbonyl (C=O) groups excluding carboxylic acids is 1. The van der Waals surface area contributed by atoms with Gasteiger partial charge >= 0.3 is 5.69 Å². The minimum absolute atomic E-state index is 0.180. The monoisotopic (exact) mass is 410 g/mol. The van der Waals surface area contributed by atoms with Gasteiger partial charge in [0.25, 0.3) is 5.91 Å². The molecule has 156 valence electrons. The van der Waals surface area contributed by atoms with Gasteiger partial charge in [-0.25, -0.2) is 13.9 Å². The maximum Gasteiger partial charge on any atom is 0.346 e. The van der Waals surface area contributed by atoms with E-state index >= 15 is 0 Å². The van der Waals surface area contributed by atoms with Gasteiger partial charge in [0.2, 0.25) is 5.82 Å². The maximum atomic E-state index is 12.9. The molecular formula is C22H23FN4O3. The van der Waals surface area contributed by atoms with Crippen molar-refractivity contribution in [3.05, 3.63) is 81.8 Å². The summed E-state index contributed by atoms with van der Waals surface area (Å²) in [7, 11) is 0. The Bertz CT molecular complexity index is 1100. The van der Waals surface area contributed by atoms with E-state index in [1.807, 2.05) is 31.2 Å². The smallest absolute Gasteiger partial charge is 0.346 e. The summed E-state index contributed by atoms with van der Waals surface area (Å²) in [6.07, 6.45) is 0.537. The SMILES string of the molecule is Cc1ccccc1CN1CCn2c(nn(CCCOc3ccc(F)cc3)c2=O)C1=O. The van der Waals surface area contributed by atoms with Gasteiger partial charge in [-0.15, -0.1) is 5.10 Å². The maximum absolute atomic E-state index is 12.9. The number of halogens is 1. The highest BCUT2D eigenvalue weighted by atomic mass is 19.1. The summed E-state index contributed by atoms with van der Waals surface area (Å²) in [6, 6.07) is 13.7. The van der Waals surface area contributed by atoms with Crippen LogP contribution in [-0.4, -0.2) is 38.3 Å². The zero-order chi connectivity index (χ0) is 21.1. The van der Waals surface area contributed by atoms with E-state index in [1.54, 1.807) is 17.0 Å². The summed E-state index contributed by atoms with van der Waals surface area (Å²) in [5.41, 5.74) is 1.93. The predicted octanol–water partition coefficient (Wildman–Crippen LogP) is 2.62. The van der Waals surface area contributed by atoms with Crippen molar-refractivity contribution < 1.29 is 13.9 Å². The molecular weight excluding hydrogens is 387 g/mol. The van der Waals surface area contributed by atoms with Crippen molar-refractivity contribution in [2.45, 2.75) is 33.0 Å². The highest BCUT2D eigenvalue weighted by molar-refractivity contribution is 5.91. The van der Waals surface area contributed by atoms with Gasteiger partial charge in [0.15, 0.2) is 0 Å². The molecule has 3 aromatic rings. The summed E-state index contributed by atoms with van der Waals surface area (Å²) in [5.74, 6) is 0.190. The highest BCUT2D eigenvalue weighted by Gasteiger charge is 2.29. The Balaban J connectivity index is 1.39. The quantitative estimate of drug-likeness (QED) is 0.562. The van der Waals surface area contributed by atoms with Crippen LogP contribution in [-0.2, 0) is 19.6 Å². The van der Waals surface area contributed by atoms with E-state index in [0.29, 0.717) is 45.0 Å². The van der Waals surface area contributed by atoms with Crippen LogP contribution in [0.25, 0.3) is 0 Å². The van der Waals surface area contributed by atoms with Crippen molar-refractivity contribution in [3.63, 3.8) is 0 Å². The molecule has 4 rings (SSSR count). The number of fused-ring (bicyclic) bond motifs is 1. The minimum atomic E-state index is -0.321. The van der Waals surface area contributed by atoms with Gasteiger partial charge in [-0.05, 0) is 42.3 Å². The molecule has 0 unspecified atom stereocenters. The zero-order valence-corrected chi connectivity index (χ0v) is 16.8. The van der Waals surface area contributed by atoms with Crippen LogP contribution < -0.4 is 10.4 Å². The normalized spacial score (nSPS) is 13.4. The molecule has 0 spiro atoms. The van der Waals surface area contributed by atoms with E-state index < -0.39 is 0 Å². The Labute approximate surface area is 173 Å². The molecule has 0 saturated carbocycles. The van der Waals surface area contributed by atoms with Crippen molar-refractivity contribution in [3.8, 4) is 5.75 Å². The number of amides is 1. The number of carbonyl (C=O) groups is 1. The molecule has 0 fully saturated rings. The highest BCUT2D eigenvalue weighted by Crippen LogP contribution is 2.16. The first-order valence-corrected chi connectivity index (χ1v) is 9.93. The van der Waals surface area contributed by atoms with Gasteiger partial charge in [0, 0.05) is 32.6 Å². The van der Waals surface area contributed by atoms with E-state index in [2.05, 4.69) is 5.10 Å². The molecule has 0 N–H and O–H groups in total. The molecule has 0 atom stereocenters. The van der Waals surface area contributed by atoms with Crippen LogP contribution in [0.2, 0.25) is 0 Å². The molecule has 1 amide bonds. The molecule has 0 radical (unpaired) electrons. The fraction of sp³-hybridized carbons (Fsp3) is 0.318. The number of nitrogens with zero attached hydrogens (tertiary/aromatic N) is 4. The van der Waals surface area contributed by atoms with Crippen molar-refractivity contribution in [1.82, 2.24) is 19.2 Å². The summed E-state index contributed by atoms with van der Waals surface area (Å²) < 4.78 is 21.2. The first-order chi connectivity index (χ1) is 14.5. The first kappa shape index (κ1) is 19.9. The lowest BCUT2D eigenvalue weighted by Crippen LogP contribution is -2.42. The summed E-state index contributed by atoms with van der Waals surface area (Å²) in [6.45, 7) is 4.11. The number of aromatic nitrogens is 3. The molecule has 30 heavy (non-hydrogen) atoms. The third kappa shape index (κ3) is 4.12. The number of hydrogen-bond acceptors (Lipinski definition) is 4. The van der Waals surface area contributed by atoms with Crippen LogP contribution in [0.3, 0.4) is 0 Å². The molecule has 2 aromatic carbocycles. The Kier molecular flexibility index (Phi) is 5.65. The largest absolute Gasteiger partial charge is 0.494 e. The lowest BCUT2D eigenvalue weighted by atomic mass is 10.1. The summed E-state index contributed by atoms with van der Waals surface area (Å²) in [4.78, 5) is 27.2. The second-order valence-electron chi connectivity index (χ2n) is 7.29. The van der Waals surface area contributed by atoms with Crippen molar-refractivity contribution in [2.24, 2.45) is 0 Å². The van der Waals surface area contributed by atoms with Gasteiger partial charge in [-0.3, -0.25) is 9.36 Å². The average Bonchev–Trinajstić information content (AvgIpc) is 3.07. The molecule has 1 aromatic heterocycles. The number of ether oxygens (including phenoxy) is 1. The lowest BCUT2D eigenvalue weighted by molar-refractivity contribution is 0.0681. The molecule has 0 saturated heterocycles. The number of aryl methyl sites for hydroxylation is 2. The van der Waals surface area contributed by atoms with E-state index in [9.17, 15) is 14.0 Å². The van der Waals surface area contributed by atoms with Crippen LogP contribution >= 0.6 is 0 Å². The summed E-state index contributed by atoms with van der Waals surface area (Å²) in [5, 5.41) is 4.27. The number of rotatable bonds is 7. The second kappa shape index (κ2) is 8.52. The van der Waals surface area contributed by atoms with E-state index in [1.165, 1.54) is 21.4 Å². The van der Waals surface area contributed by atoms with Gasteiger partial charge in [0.05, 0.1) is 6.61 Å². The fourth-order valence-electron chi connectivity index (χ4n) is 3.49. The van der Waals surface area contributed by atoms with Crippen molar-refractivity contribution in [1.29, 1.82) is 0 Å². The van der Waals surface area contributed by atoms with Gasteiger partial charge < -0.3 is 9.64 Å². The van der Waals surface area contributed by atoms with E-state index in [4.69, 9.17) is 4.74 Å². The zero-order valence-electron chi connectivity index (χ0n) is 16.8. The summed E-state index contributed by atoms with van der Waals surface area (Å²) >= 11 is 0. The topological polar surface area (TPSA) is 69.4 Å². The Morgan fingerprint density at radius 3 is 2.60 bits per heavy atom. The first-order valence-electron chi connectivity index (χ1n) is 9.93. The number of hydrogen-bond donors (Lipinski definition) is 0. The molecule has 0 bridgehead atoms. The van der Waals surface area contributed by atoms with Crippen molar-refractivity contribution in [2.75, 3.05) is 13.2 Å². The Morgan fingerprint density at radius 2 is 1.83 bits per heavy atom. The molecule has 0 aliphatic carbocycles. The van der Waals surface area contributed by atoms with E-state index in [-0.39, 0.29) is 23.2 Å². The standard InChI is InChI=1S/C22H23FN4O3/c1-16-5-2-3-6-17(16)15-25-12-13-26-20(21(25)28)24-27(22(26)29)11-4-14-30-19-9-7-18(23)8-10-19/h2-3,5-10H,4,11-15H2,1H3. The Hall–Kier alpha value is -3.42. The Morgan fingerprint density at radius 1 is 1.07 bits per heavy atom. The van der Waals surface area contributed by atoms with Crippen LogP contribution in [0, 0.1) is 12.7 Å². The van der Waals surface area contributed by atoms with Gasteiger partial charge in [0.1, 0.15) is 11.6 Å². The third-order valence-corrected chi connectivity index (χ3v) is 5.21. The average molecular weight is 410 g/mol. The predicted molar refractivity (Wildman–Crippen MR) is 109 cm³/mol. The molecule has 7 nitrogen and oxygen atoms in total. The van der Waals surface area contributed by atoms with Gasteiger partial charge in [-0.1, -0.05) is 24.3 Å². The number of benzene rings is 2. The molecule has 1 aliphatic rings.